The zero-order valence-corrected chi connectivity index (χ0v) is 17.3. The fraction of sp³-hybridized carbons (Fsp3) is 0. The topological polar surface area (TPSA) is 120 Å². The number of benzene rings is 2. The molecule has 150 valence electrons. The molecule has 8 nitrogen and oxygen atoms in total. The highest BCUT2D eigenvalue weighted by Gasteiger charge is 2.32. The fourth-order valence-electron chi connectivity index (χ4n) is 3.17. The first kappa shape index (κ1) is 18.9. The summed E-state index contributed by atoms with van der Waals surface area (Å²) in [6.07, 6.45) is 0. The van der Waals surface area contributed by atoms with Gasteiger partial charge in [0.25, 0.3) is 4.21 Å². The van der Waals surface area contributed by atoms with Gasteiger partial charge in [0, 0.05) is 26.3 Å². The van der Waals surface area contributed by atoms with Crippen LogP contribution in [0.2, 0.25) is 5.02 Å². The van der Waals surface area contributed by atoms with Crippen LogP contribution < -0.4 is 10.7 Å². The Kier molecular flexibility index (Phi) is 4.26. The highest BCUT2D eigenvalue weighted by atomic mass is 35.5. The zero-order chi connectivity index (χ0) is 21.0. The summed E-state index contributed by atoms with van der Waals surface area (Å²) in [5.74, 6) is -0.454. The minimum Gasteiger partial charge on any atom is -0.494 e. The van der Waals surface area contributed by atoms with E-state index in [1.165, 1.54) is 10.6 Å². The zero-order valence-electron chi connectivity index (χ0n) is 14.9. The molecule has 30 heavy (non-hydrogen) atoms. The molecule has 2 aromatic heterocycles. The summed E-state index contributed by atoms with van der Waals surface area (Å²) in [6.45, 7) is 0. The largest absolute Gasteiger partial charge is 0.494 e. The number of thiophene rings is 1. The summed E-state index contributed by atoms with van der Waals surface area (Å²) in [6, 6.07) is 12.8. The Hall–Kier alpha value is -3.05. The first-order chi connectivity index (χ1) is 14.3. The standard InChI is InChI=1S/C19H11ClN4O4S2/c20-10-3-5-12-13(8-10)18(26)24(17(12)25)11-4-6-14-15(9-11)22-19(21-14)23-30(27,28)16-2-1-7-29-16/h1-9H,(H2-,21,22,23,25,26,27,28)/p+1. The van der Waals surface area contributed by atoms with E-state index in [4.69, 9.17) is 11.6 Å². The van der Waals surface area contributed by atoms with Gasteiger partial charge in [-0.2, -0.15) is 4.55 Å². The molecule has 5 rings (SSSR count). The molecule has 0 amide bonds. The minimum absolute atomic E-state index is 0.124. The first-order valence-electron chi connectivity index (χ1n) is 8.53. The molecule has 0 fully saturated rings. The highest BCUT2D eigenvalue weighted by Crippen LogP contribution is 2.39. The molecule has 3 heterocycles. The normalized spacial score (nSPS) is 16.3. The van der Waals surface area contributed by atoms with Gasteiger partial charge in [0.2, 0.25) is 11.8 Å². The third-order valence-corrected chi connectivity index (χ3v) is 7.42. The van der Waals surface area contributed by atoms with E-state index in [9.17, 15) is 19.0 Å². The number of aromatic nitrogens is 1. The molecule has 0 aliphatic carbocycles. The van der Waals surface area contributed by atoms with E-state index in [1.807, 2.05) is 0 Å². The molecule has 4 aromatic rings. The van der Waals surface area contributed by atoms with Gasteiger partial charge >= 0.3 is 16.4 Å². The molecule has 0 saturated carbocycles. The fourth-order valence-corrected chi connectivity index (χ4v) is 5.22. The van der Waals surface area contributed by atoms with E-state index in [2.05, 4.69) is 14.4 Å². The molecule has 1 aliphatic rings. The molecule has 1 aliphatic heterocycles. The van der Waals surface area contributed by atoms with Gasteiger partial charge < -0.3 is 10.2 Å². The average Bonchev–Trinajstić information content (AvgIpc) is 3.41. The highest BCUT2D eigenvalue weighted by molar-refractivity contribution is 7.98. The van der Waals surface area contributed by atoms with Crippen LogP contribution in [0.5, 0.6) is 11.8 Å². The van der Waals surface area contributed by atoms with E-state index < -0.39 is 10.4 Å². The first-order valence-corrected chi connectivity index (χ1v) is 11.3. The van der Waals surface area contributed by atoms with Crippen LogP contribution in [0.25, 0.3) is 16.5 Å². The molecule has 1 atom stereocenters. The third kappa shape index (κ3) is 3.01. The Labute approximate surface area is 179 Å². The van der Waals surface area contributed by atoms with Crippen LogP contribution in [0.4, 0.5) is 0 Å². The molecule has 1 unspecified atom stereocenters. The molecule has 11 heteroatoms. The second kappa shape index (κ2) is 6.74. The van der Waals surface area contributed by atoms with Crippen molar-refractivity contribution in [2.45, 2.75) is 4.21 Å². The monoisotopic (exact) mass is 459 g/mol. The van der Waals surface area contributed by atoms with Crippen LogP contribution in [-0.4, -0.2) is 25.3 Å². The number of fused-ring (bicyclic) bond motifs is 2. The number of halogens is 1. The van der Waals surface area contributed by atoms with Crippen LogP contribution in [0.3, 0.4) is 0 Å². The van der Waals surface area contributed by atoms with Crippen LogP contribution in [0.1, 0.15) is 0 Å². The predicted molar refractivity (Wildman–Crippen MR) is 115 cm³/mol. The van der Waals surface area contributed by atoms with Crippen LogP contribution in [0.15, 0.2) is 72.5 Å². The number of hydrogen-bond donors (Lipinski definition) is 3. The van der Waals surface area contributed by atoms with E-state index >= 15 is 0 Å². The Morgan fingerprint density at radius 2 is 1.77 bits per heavy atom. The summed E-state index contributed by atoms with van der Waals surface area (Å²) in [5.41, 5.74) is 0.430. The lowest BCUT2D eigenvalue weighted by atomic mass is 10.2. The van der Waals surface area contributed by atoms with E-state index in [1.54, 1.807) is 47.8 Å². The van der Waals surface area contributed by atoms with Gasteiger partial charge in [-0.3, -0.25) is 4.57 Å². The molecule has 0 spiro atoms. The van der Waals surface area contributed by atoms with Crippen LogP contribution in [-0.2, 0) is 14.6 Å². The SMILES string of the molecule is O=[S+](O)(/N=C1\N=c2ccc(-n3c(O)c4ccc(Cl)cc4c3O)cc2=N1)c1cccs1. The quantitative estimate of drug-likeness (QED) is 0.407. The Morgan fingerprint density at radius 1 is 1.00 bits per heavy atom. The van der Waals surface area contributed by atoms with Crippen molar-refractivity contribution in [3.05, 3.63) is 69.6 Å². The van der Waals surface area contributed by atoms with Crippen molar-refractivity contribution in [3.8, 4) is 17.4 Å². The van der Waals surface area contributed by atoms with Crippen molar-refractivity contribution in [2.75, 3.05) is 0 Å². The second-order valence-corrected chi connectivity index (χ2v) is 9.65. The van der Waals surface area contributed by atoms with Gasteiger partial charge in [0.1, 0.15) is 0 Å². The smallest absolute Gasteiger partial charge is 0.384 e. The molecular formula is C19H12ClN4O4S2+. The molecule has 0 saturated heterocycles. The number of rotatable bonds is 3. The van der Waals surface area contributed by atoms with E-state index in [0.717, 1.165) is 11.3 Å². The number of hydrogen-bond acceptors (Lipinski definition) is 4. The van der Waals surface area contributed by atoms with Gasteiger partial charge in [-0.25, -0.2) is 9.98 Å². The van der Waals surface area contributed by atoms with Crippen LogP contribution in [0, 0.1) is 0 Å². The Balaban J connectivity index is 1.62. The lowest BCUT2D eigenvalue weighted by molar-refractivity contribution is 0.406. The molecule has 3 N–H and O–H groups in total. The number of nitrogens with zero attached hydrogens (tertiary/aromatic N) is 4. The average molecular weight is 460 g/mol. The lowest BCUT2D eigenvalue weighted by Crippen LogP contribution is -2.21. The van der Waals surface area contributed by atoms with Crippen LogP contribution >= 0.6 is 22.9 Å². The maximum atomic E-state index is 12.4. The summed E-state index contributed by atoms with van der Waals surface area (Å²) >= 11 is 7.11. The Bertz CT molecular complexity index is 1530. The van der Waals surface area contributed by atoms with Crippen molar-refractivity contribution in [1.82, 2.24) is 4.57 Å². The minimum atomic E-state index is -3.64. The number of guanidine groups is 1. The van der Waals surface area contributed by atoms with Crippen molar-refractivity contribution < 1.29 is 19.0 Å². The third-order valence-electron chi connectivity index (χ3n) is 4.51. The van der Waals surface area contributed by atoms with Crippen molar-refractivity contribution >= 4 is 50.1 Å². The van der Waals surface area contributed by atoms with Gasteiger partial charge in [-0.1, -0.05) is 22.9 Å². The summed E-state index contributed by atoms with van der Waals surface area (Å²) < 4.78 is 27.9. The predicted octanol–water partition coefficient (Wildman–Crippen LogP) is 3.31. The van der Waals surface area contributed by atoms with Gasteiger partial charge in [0.15, 0.2) is 0 Å². The second-order valence-electron chi connectivity index (χ2n) is 6.39. The number of aromatic hydroxyl groups is 2. The molecule has 2 aromatic carbocycles. The van der Waals surface area contributed by atoms with Crippen molar-refractivity contribution in [3.63, 3.8) is 0 Å². The Morgan fingerprint density at radius 3 is 2.53 bits per heavy atom. The summed E-state index contributed by atoms with van der Waals surface area (Å²) in [5, 5.41) is 25.0. The summed E-state index contributed by atoms with van der Waals surface area (Å²) in [7, 11) is -3.64. The van der Waals surface area contributed by atoms with Crippen molar-refractivity contribution in [1.29, 1.82) is 0 Å². The summed E-state index contributed by atoms with van der Waals surface area (Å²) in [4.78, 5) is 8.39. The van der Waals surface area contributed by atoms with E-state index in [0.29, 0.717) is 32.2 Å². The van der Waals surface area contributed by atoms with Gasteiger partial charge in [-0.15, -0.1) is 0 Å². The maximum Gasteiger partial charge on any atom is 0.384 e. The molecule has 0 bridgehead atoms. The van der Waals surface area contributed by atoms with Gasteiger partial charge in [-0.05, 0) is 52.1 Å². The van der Waals surface area contributed by atoms with Gasteiger partial charge in [0.05, 0.1) is 16.4 Å². The van der Waals surface area contributed by atoms with Crippen molar-refractivity contribution in [2.24, 2.45) is 14.4 Å². The van der Waals surface area contributed by atoms with E-state index in [-0.39, 0.29) is 21.9 Å². The molecular weight excluding hydrogens is 448 g/mol. The lowest BCUT2D eigenvalue weighted by Gasteiger charge is -2.05. The molecule has 0 radical (unpaired) electrons. The maximum absolute atomic E-state index is 12.4.